The summed E-state index contributed by atoms with van der Waals surface area (Å²) in [6.45, 7) is 1.81. The Morgan fingerprint density at radius 1 is 1.33 bits per heavy atom. The number of hydrogen-bond donors (Lipinski definition) is 1. The maximum atomic E-state index is 12.9. The summed E-state index contributed by atoms with van der Waals surface area (Å²) in [5.41, 5.74) is 1.35. The average Bonchev–Trinajstić information content (AvgIpc) is 2.17. The largest absolute Gasteiger partial charge is 0.323 e. The number of rotatable bonds is 2. The smallest absolute Gasteiger partial charge is 0.247 e. The van der Waals surface area contributed by atoms with Crippen molar-refractivity contribution in [2.45, 2.75) is 6.92 Å². The first-order chi connectivity index (χ1) is 7.24. The summed E-state index contributed by atoms with van der Waals surface area (Å²) >= 11 is 0. The van der Waals surface area contributed by atoms with Crippen molar-refractivity contribution in [3.05, 3.63) is 42.0 Å². The number of halogens is 1. The SMILES string of the molecule is Cc1cnnc(Nc2cccc(F)c2)n1. The highest BCUT2D eigenvalue weighted by atomic mass is 19.1. The summed E-state index contributed by atoms with van der Waals surface area (Å²) in [4.78, 5) is 4.09. The predicted octanol–water partition coefficient (Wildman–Crippen LogP) is 2.06. The molecule has 4 nitrogen and oxygen atoms in total. The molecular formula is C10H9FN4. The van der Waals surface area contributed by atoms with E-state index in [1.54, 1.807) is 18.3 Å². The third kappa shape index (κ3) is 2.46. The van der Waals surface area contributed by atoms with E-state index in [4.69, 9.17) is 0 Å². The van der Waals surface area contributed by atoms with E-state index < -0.39 is 0 Å². The maximum Gasteiger partial charge on any atom is 0.247 e. The Balaban J connectivity index is 2.22. The third-order valence-electron chi connectivity index (χ3n) is 1.76. The van der Waals surface area contributed by atoms with Gasteiger partial charge in [0.25, 0.3) is 0 Å². The van der Waals surface area contributed by atoms with Crippen molar-refractivity contribution >= 4 is 11.6 Å². The number of aryl methyl sites for hydroxylation is 1. The molecule has 2 aromatic rings. The molecule has 0 bridgehead atoms. The van der Waals surface area contributed by atoms with E-state index in [9.17, 15) is 4.39 Å². The molecule has 0 unspecified atom stereocenters. The van der Waals surface area contributed by atoms with Gasteiger partial charge in [-0.05, 0) is 25.1 Å². The summed E-state index contributed by atoms with van der Waals surface area (Å²) in [5.74, 6) is 0.0567. The van der Waals surface area contributed by atoms with E-state index in [2.05, 4.69) is 20.5 Å². The molecule has 0 amide bonds. The minimum Gasteiger partial charge on any atom is -0.323 e. The molecule has 0 fully saturated rings. The van der Waals surface area contributed by atoms with E-state index in [-0.39, 0.29) is 5.82 Å². The summed E-state index contributed by atoms with van der Waals surface area (Å²) in [6.07, 6.45) is 1.55. The lowest BCUT2D eigenvalue weighted by molar-refractivity contribution is 0.628. The topological polar surface area (TPSA) is 50.7 Å². The molecule has 1 aromatic carbocycles. The summed E-state index contributed by atoms with van der Waals surface area (Å²) in [7, 11) is 0. The van der Waals surface area contributed by atoms with Crippen molar-refractivity contribution in [2.24, 2.45) is 0 Å². The Morgan fingerprint density at radius 3 is 2.93 bits per heavy atom. The van der Waals surface area contributed by atoms with Gasteiger partial charge in [0.2, 0.25) is 5.95 Å². The van der Waals surface area contributed by atoms with Gasteiger partial charge in [0.15, 0.2) is 0 Å². The Kier molecular flexibility index (Phi) is 2.53. The van der Waals surface area contributed by atoms with Crippen LogP contribution in [0.1, 0.15) is 5.69 Å². The van der Waals surface area contributed by atoms with Crippen molar-refractivity contribution in [2.75, 3.05) is 5.32 Å². The fourth-order valence-corrected chi connectivity index (χ4v) is 1.13. The highest BCUT2D eigenvalue weighted by Gasteiger charge is 1.99. The minimum atomic E-state index is -0.305. The van der Waals surface area contributed by atoms with E-state index >= 15 is 0 Å². The quantitative estimate of drug-likeness (QED) is 0.813. The lowest BCUT2D eigenvalue weighted by Crippen LogP contribution is -1.99. The Morgan fingerprint density at radius 2 is 2.20 bits per heavy atom. The first-order valence-electron chi connectivity index (χ1n) is 4.43. The number of hydrogen-bond acceptors (Lipinski definition) is 4. The first kappa shape index (κ1) is 9.51. The summed E-state index contributed by atoms with van der Waals surface area (Å²) in [6, 6.07) is 6.09. The van der Waals surface area contributed by atoms with Crippen LogP contribution in [0.4, 0.5) is 16.0 Å². The van der Waals surface area contributed by atoms with Gasteiger partial charge in [-0.1, -0.05) is 6.07 Å². The fraction of sp³-hybridized carbons (Fsp3) is 0.100. The zero-order valence-electron chi connectivity index (χ0n) is 8.11. The van der Waals surface area contributed by atoms with Crippen LogP contribution in [0, 0.1) is 12.7 Å². The highest BCUT2D eigenvalue weighted by molar-refractivity contribution is 5.52. The van der Waals surface area contributed by atoms with Crippen molar-refractivity contribution in [1.29, 1.82) is 0 Å². The average molecular weight is 204 g/mol. The number of nitrogens with zero attached hydrogens (tertiary/aromatic N) is 3. The molecule has 1 heterocycles. The zero-order chi connectivity index (χ0) is 10.7. The van der Waals surface area contributed by atoms with E-state index in [1.807, 2.05) is 6.92 Å². The van der Waals surface area contributed by atoms with Gasteiger partial charge in [-0.15, -0.1) is 5.10 Å². The van der Waals surface area contributed by atoms with Crippen LogP contribution in [0.3, 0.4) is 0 Å². The summed E-state index contributed by atoms with van der Waals surface area (Å²) in [5, 5.41) is 10.4. The standard InChI is InChI=1S/C10H9FN4/c1-7-6-12-15-10(13-7)14-9-4-2-3-8(11)5-9/h2-6H,1H3,(H,13,14,15). The van der Waals surface area contributed by atoms with Crippen LogP contribution in [0.15, 0.2) is 30.5 Å². The van der Waals surface area contributed by atoms with Crippen LogP contribution in [-0.4, -0.2) is 15.2 Å². The molecule has 0 saturated carbocycles. The van der Waals surface area contributed by atoms with Crippen molar-refractivity contribution in [3.8, 4) is 0 Å². The fourth-order valence-electron chi connectivity index (χ4n) is 1.13. The van der Waals surface area contributed by atoms with Crippen LogP contribution < -0.4 is 5.32 Å². The predicted molar refractivity (Wildman–Crippen MR) is 54.2 cm³/mol. The molecule has 0 atom stereocenters. The molecular weight excluding hydrogens is 195 g/mol. The number of benzene rings is 1. The molecule has 15 heavy (non-hydrogen) atoms. The van der Waals surface area contributed by atoms with Gasteiger partial charge in [-0.2, -0.15) is 5.10 Å². The van der Waals surface area contributed by atoms with Gasteiger partial charge in [0.1, 0.15) is 5.82 Å². The van der Waals surface area contributed by atoms with E-state index in [0.717, 1.165) is 5.69 Å². The molecule has 0 aliphatic rings. The monoisotopic (exact) mass is 204 g/mol. The molecule has 1 N–H and O–H groups in total. The maximum absolute atomic E-state index is 12.9. The minimum absolute atomic E-state index is 0.305. The first-order valence-corrected chi connectivity index (χ1v) is 4.43. The van der Waals surface area contributed by atoms with E-state index in [1.165, 1.54) is 12.1 Å². The van der Waals surface area contributed by atoms with Crippen LogP contribution in [-0.2, 0) is 0 Å². The molecule has 1 aromatic heterocycles. The van der Waals surface area contributed by atoms with Crippen LogP contribution >= 0.6 is 0 Å². The van der Waals surface area contributed by atoms with Gasteiger partial charge in [-0.25, -0.2) is 9.37 Å². The Labute approximate surface area is 86.2 Å². The summed E-state index contributed by atoms with van der Waals surface area (Å²) < 4.78 is 12.9. The number of nitrogens with one attached hydrogen (secondary N) is 1. The number of aromatic nitrogens is 3. The second-order valence-corrected chi connectivity index (χ2v) is 3.06. The zero-order valence-corrected chi connectivity index (χ0v) is 8.11. The van der Waals surface area contributed by atoms with Crippen LogP contribution in [0.2, 0.25) is 0 Å². The van der Waals surface area contributed by atoms with Crippen LogP contribution in [0.25, 0.3) is 0 Å². The molecule has 0 saturated heterocycles. The molecule has 76 valence electrons. The van der Waals surface area contributed by atoms with Crippen LogP contribution in [0.5, 0.6) is 0 Å². The van der Waals surface area contributed by atoms with Gasteiger partial charge >= 0.3 is 0 Å². The molecule has 0 aliphatic heterocycles. The lowest BCUT2D eigenvalue weighted by Gasteiger charge is -2.03. The molecule has 5 heteroatoms. The second kappa shape index (κ2) is 4.00. The number of anilines is 2. The lowest BCUT2D eigenvalue weighted by atomic mass is 10.3. The van der Waals surface area contributed by atoms with Gasteiger partial charge < -0.3 is 5.32 Å². The van der Waals surface area contributed by atoms with Crippen molar-refractivity contribution in [3.63, 3.8) is 0 Å². The second-order valence-electron chi connectivity index (χ2n) is 3.06. The normalized spacial score (nSPS) is 10.0. The molecule has 0 radical (unpaired) electrons. The van der Waals surface area contributed by atoms with Crippen molar-refractivity contribution < 1.29 is 4.39 Å². The highest BCUT2D eigenvalue weighted by Crippen LogP contribution is 2.13. The van der Waals surface area contributed by atoms with Gasteiger partial charge in [0.05, 0.1) is 11.9 Å². The van der Waals surface area contributed by atoms with Gasteiger partial charge in [-0.3, -0.25) is 0 Å². The third-order valence-corrected chi connectivity index (χ3v) is 1.76. The molecule has 0 aliphatic carbocycles. The Hall–Kier alpha value is -2.04. The molecule has 0 spiro atoms. The Bertz CT molecular complexity index is 429. The van der Waals surface area contributed by atoms with Crippen molar-refractivity contribution in [1.82, 2.24) is 15.2 Å². The van der Waals surface area contributed by atoms with Gasteiger partial charge in [0, 0.05) is 5.69 Å². The van der Waals surface area contributed by atoms with E-state index in [0.29, 0.717) is 11.6 Å². The molecule has 2 rings (SSSR count).